The molecule has 0 aromatic heterocycles. The molecule has 0 heterocycles. The SMILES string of the molecule is O=C(O)CN(CC(=O)O)CC(C(=O)O)C(=O)O. The molecule has 0 aliphatic heterocycles. The molecule has 0 fully saturated rings. The zero-order valence-corrected chi connectivity index (χ0v) is 8.57. The molecule has 17 heavy (non-hydrogen) atoms. The van der Waals surface area contributed by atoms with Crippen LogP contribution >= 0.6 is 0 Å². The molecular formula is C8H11NO8. The molecule has 0 rings (SSSR count). The van der Waals surface area contributed by atoms with Crippen molar-refractivity contribution in [3.05, 3.63) is 0 Å². The zero-order chi connectivity index (χ0) is 13.6. The fourth-order valence-corrected chi connectivity index (χ4v) is 1.09. The first-order valence-corrected chi connectivity index (χ1v) is 4.35. The number of carboxylic acids is 4. The number of nitrogens with zero attached hydrogens (tertiary/aromatic N) is 1. The highest BCUT2D eigenvalue weighted by Gasteiger charge is 2.29. The third-order valence-electron chi connectivity index (χ3n) is 1.75. The van der Waals surface area contributed by atoms with E-state index in [1.165, 1.54) is 0 Å². The monoisotopic (exact) mass is 249 g/mol. The summed E-state index contributed by atoms with van der Waals surface area (Å²) in [7, 11) is 0. The van der Waals surface area contributed by atoms with Crippen molar-refractivity contribution in [1.29, 1.82) is 0 Å². The minimum Gasteiger partial charge on any atom is -0.481 e. The number of rotatable bonds is 8. The molecule has 0 radical (unpaired) electrons. The molecule has 0 unspecified atom stereocenters. The summed E-state index contributed by atoms with van der Waals surface area (Å²) in [6.45, 7) is -2.18. The second-order valence-electron chi connectivity index (χ2n) is 3.19. The van der Waals surface area contributed by atoms with Crippen molar-refractivity contribution in [2.75, 3.05) is 19.6 Å². The highest BCUT2D eigenvalue weighted by Crippen LogP contribution is 2.02. The first kappa shape index (κ1) is 14.8. The summed E-state index contributed by atoms with van der Waals surface area (Å²) in [6, 6.07) is 0. The highest BCUT2D eigenvalue weighted by molar-refractivity contribution is 5.93. The Labute approximate surface area is 94.9 Å². The third kappa shape index (κ3) is 6.10. The predicted molar refractivity (Wildman–Crippen MR) is 50.5 cm³/mol. The van der Waals surface area contributed by atoms with Gasteiger partial charge < -0.3 is 20.4 Å². The van der Waals surface area contributed by atoms with Crippen LogP contribution in [-0.2, 0) is 19.2 Å². The van der Waals surface area contributed by atoms with Gasteiger partial charge in [-0.1, -0.05) is 0 Å². The van der Waals surface area contributed by atoms with Crippen molar-refractivity contribution in [3.63, 3.8) is 0 Å². The van der Waals surface area contributed by atoms with E-state index in [-0.39, 0.29) is 0 Å². The largest absolute Gasteiger partial charge is 0.481 e. The minimum atomic E-state index is -1.87. The summed E-state index contributed by atoms with van der Waals surface area (Å²) < 4.78 is 0. The first-order chi connectivity index (χ1) is 7.73. The van der Waals surface area contributed by atoms with Crippen molar-refractivity contribution < 1.29 is 39.6 Å². The summed E-state index contributed by atoms with van der Waals surface area (Å²) in [5.41, 5.74) is 0. The maximum absolute atomic E-state index is 10.5. The van der Waals surface area contributed by atoms with Crippen LogP contribution in [0.5, 0.6) is 0 Å². The van der Waals surface area contributed by atoms with Gasteiger partial charge in [0.25, 0.3) is 0 Å². The number of hydrogen-bond acceptors (Lipinski definition) is 5. The van der Waals surface area contributed by atoms with Gasteiger partial charge in [-0.15, -0.1) is 0 Å². The Hall–Kier alpha value is -2.16. The lowest BCUT2D eigenvalue weighted by atomic mass is 10.1. The Balaban J connectivity index is 4.69. The Bertz CT molecular complexity index is 308. The highest BCUT2D eigenvalue weighted by atomic mass is 16.4. The van der Waals surface area contributed by atoms with Crippen molar-refractivity contribution in [2.45, 2.75) is 0 Å². The van der Waals surface area contributed by atoms with Gasteiger partial charge in [0.2, 0.25) is 0 Å². The van der Waals surface area contributed by atoms with Gasteiger partial charge in [-0.2, -0.15) is 0 Å². The Morgan fingerprint density at radius 1 is 0.824 bits per heavy atom. The average Bonchev–Trinajstić information content (AvgIpc) is 2.10. The second kappa shape index (κ2) is 6.43. The van der Waals surface area contributed by atoms with Gasteiger partial charge in [0.1, 0.15) is 0 Å². The molecule has 0 saturated heterocycles. The van der Waals surface area contributed by atoms with Crippen LogP contribution in [0.1, 0.15) is 0 Å². The molecule has 0 saturated carbocycles. The van der Waals surface area contributed by atoms with Gasteiger partial charge in [-0.05, 0) is 0 Å². The summed E-state index contributed by atoms with van der Waals surface area (Å²) in [5.74, 6) is -7.92. The van der Waals surface area contributed by atoms with E-state index in [4.69, 9.17) is 20.4 Å². The predicted octanol–water partition coefficient (Wildman–Crippen LogP) is -1.76. The van der Waals surface area contributed by atoms with E-state index >= 15 is 0 Å². The molecule has 0 atom stereocenters. The molecule has 96 valence electrons. The van der Waals surface area contributed by atoms with Crippen LogP contribution in [0.4, 0.5) is 0 Å². The standard InChI is InChI=1S/C8H11NO8/c10-5(11)2-9(3-6(12)13)1-4(7(14)15)8(16)17/h4H,1-3H2,(H,10,11)(H,12,13)(H,14,15)(H,16,17). The van der Waals surface area contributed by atoms with E-state index in [1.54, 1.807) is 0 Å². The van der Waals surface area contributed by atoms with E-state index in [9.17, 15) is 19.2 Å². The quantitative estimate of drug-likeness (QED) is 0.366. The molecule has 0 aromatic carbocycles. The van der Waals surface area contributed by atoms with Crippen molar-refractivity contribution >= 4 is 23.9 Å². The average molecular weight is 249 g/mol. The van der Waals surface area contributed by atoms with E-state index in [1.807, 2.05) is 0 Å². The van der Waals surface area contributed by atoms with Gasteiger partial charge in [0, 0.05) is 6.54 Å². The number of aliphatic carboxylic acids is 4. The van der Waals surface area contributed by atoms with Gasteiger partial charge >= 0.3 is 23.9 Å². The summed E-state index contributed by atoms with van der Waals surface area (Å²) in [6.07, 6.45) is 0. The van der Waals surface area contributed by atoms with E-state index < -0.39 is 49.4 Å². The summed E-state index contributed by atoms with van der Waals surface area (Å²) in [5, 5.41) is 34.0. The lowest BCUT2D eigenvalue weighted by Crippen LogP contribution is -2.42. The van der Waals surface area contributed by atoms with Crippen molar-refractivity contribution in [1.82, 2.24) is 4.90 Å². The molecule has 0 aromatic rings. The number of hydrogen-bond donors (Lipinski definition) is 4. The van der Waals surface area contributed by atoms with E-state index in [2.05, 4.69) is 0 Å². The lowest BCUT2D eigenvalue weighted by Gasteiger charge is -2.19. The Morgan fingerprint density at radius 3 is 1.41 bits per heavy atom. The minimum absolute atomic E-state index is 0.691. The molecule has 0 amide bonds. The maximum Gasteiger partial charge on any atom is 0.319 e. The third-order valence-corrected chi connectivity index (χ3v) is 1.75. The molecule has 4 N–H and O–H groups in total. The molecule has 0 aliphatic carbocycles. The molecule has 9 heteroatoms. The van der Waals surface area contributed by atoms with Crippen LogP contribution in [-0.4, -0.2) is 68.8 Å². The Kier molecular flexibility index (Phi) is 5.61. The van der Waals surface area contributed by atoms with Crippen LogP contribution in [0, 0.1) is 5.92 Å². The van der Waals surface area contributed by atoms with E-state index in [0.717, 1.165) is 4.90 Å². The van der Waals surface area contributed by atoms with Gasteiger partial charge in [-0.25, -0.2) is 0 Å². The van der Waals surface area contributed by atoms with Crippen LogP contribution in [0.2, 0.25) is 0 Å². The van der Waals surface area contributed by atoms with Crippen molar-refractivity contribution in [2.24, 2.45) is 5.92 Å². The number of carboxylic acid groups (broad SMARTS) is 4. The van der Waals surface area contributed by atoms with Gasteiger partial charge in [0.05, 0.1) is 13.1 Å². The lowest BCUT2D eigenvalue weighted by molar-refractivity contribution is -0.157. The maximum atomic E-state index is 10.5. The summed E-state index contributed by atoms with van der Waals surface area (Å²) >= 11 is 0. The van der Waals surface area contributed by atoms with Crippen LogP contribution < -0.4 is 0 Å². The molecule has 9 nitrogen and oxygen atoms in total. The fourth-order valence-electron chi connectivity index (χ4n) is 1.09. The molecule has 0 aliphatic rings. The molecule has 0 spiro atoms. The topological polar surface area (TPSA) is 152 Å². The van der Waals surface area contributed by atoms with Gasteiger partial charge in [-0.3, -0.25) is 24.1 Å². The second-order valence-corrected chi connectivity index (χ2v) is 3.19. The smallest absolute Gasteiger partial charge is 0.319 e. The van der Waals surface area contributed by atoms with Crippen LogP contribution in [0.25, 0.3) is 0 Å². The molecular weight excluding hydrogens is 238 g/mol. The van der Waals surface area contributed by atoms with Crippen LogP contribution in [0.3, 0.4) is 0 Å². The van der Waals surface area contributed by atoms with Crippen LogP contribution in [0.15, 0.2) is 0 Å². The first-order valence-electron chi connectivity index (χ1n) is 4.35. The summed E-state index contributed by atoms with van der Waals surface area (Å²) in [4.78, 5) is 42.6. The van der Waals surface area contributed by atoms with E-state index in [0.29, 0.717) is 0 Å². The Morgan fingerprint density at radius 2 is 1.18 bits per heavy atom. The fraction of sp³-hybridized carbons (Fsp3) is 0.500. The molecule has 0 bridgehead atoms. The normalized spacial score (nSPS) is 10.5. The number of carbonyl (C=O) groups is 4. The van der Waals surface area contributed by atoms with Gasteiger partial charge in [0.15, 0.2) is 5.92 Å². The zero-order valence-electron chi connectivity index (χ0n) is 8.57. The van der Waals surface area contributed by atoms with Crippen molar-refractivity contribution in [3.8, 4) is 0 Å².